The summed E-state index contributed by atoms with van der Waals surface area (Å²) < 4.78 is 63.2. The van der Waals surface area contributed by atoms with Gasteiger partial charge in [0.2, 0.25) is 5.78 Å². The minimum Gasteiger partial charge on any atom is -0.378 e. The number of alkyl halides is 2. The van der Waals surface area contributed by atoms with E-state index < -0.39 is 23.8 Å². The van der Waals surface area contributed by atoms with Crippen molar-refractivity contribution in [3.63, 3.8) is 0 Å². The Balaban J connectivity index is 1.61. The molecule has 10 heteroatoms. The largest absolute Gasteiger partial charge is 0.378 e. The molecule has 1 fully saturated rings. The van der Waals surface area contributed by atoms with Crippen molar-refractivity contribution in [2.24, 2.45) is 0 Å². The van der Waals surface area contributed by atoms with Gasteiger partial charge in [-0.05, 0) is 13.0 Å². The highest BCUT2D eigenvalue weighted by atomic mass is 19.3. The first-order valence-corrected chi connectivity index (χ1v) is 10.6. The van der Waals surface area contributed by atoms with E-state index in [4.69, 9.17) is 4.74 Å². The number of halogens is 4. The summed E-state index contributed by atoms with van der Waals surface area (Å²) in [7, 11) is 0. The number of nitrogens with zero attached hydrogens (tertiary/aromatic N) is 4. The smallest absolute Gasteiger partial charge is 0.266 e. The van der Waals surface area contributed by atoms with Crippen LogP contribution in [0, 0.1) is 11.6 Å². The Labute approximate surface area is 186 Å². The number of hydrogen-bond donors (Lipinski definition) is 1. The molecule has 0 amide bonds. The zero-order valence-electron chi connectivity index (χ0n) is 17.7. The highest BCUT2D eigenvalue weighted by molar-refractivity contribution is 5.94. The van der Waals surface area contributed by atoms with E-state index in [9.17, 15) is 13.2 Å². The Kier molecular flexibility index (Phi) is 5.53. The van der Waals surface area contributed by atoms with Gasteiger partial charge in [0.25, 0.3) is 6.43 Å². The fourth-order valence-corrected chi connectivity index (χ4v) is 4.18. The lowest BCUT2D eigenvalue weighted by Gasteiger charge is -2.29. The maximum atomic E-state index is 15.1. The van der Waals surface area contributed by atoms with E-state index >= 15 is 4.39 Å². The molecule has 1 aliphatic rings. The number of rotatable bonds is 5. The quantitative estimate of drug-likeness (QED) is 0.421. The van der Waals surface area contributed by atoms with Gasteiger partial charge in [-0.15, -0.1) is 0 Å². The van der Waals surface area contributed by atoms with Crippen LogP contribution in [0.15, 0.2) is 42.7 Å². The van der Waals surface area contributed by atoms with Crippen molar-refractivity contribution in [2.75, 3.05) is 36.5 Å². The van der Waals surface area contributed by atoms with Crippen LogP contribution in [0.25, 0.3) is 16.7 Å². The molecule has 0 aliphatic carbocycles. The second-order valence-corrected chi connectivity index (χ2v) is 7.90. The van der Waals surface area contributed by atoms with Crippen LogP contribution in [-0.4, -0.2) is 40.7 Å². The summed E-state index contributed by atoms with van der Waals surface area (Å²) >= 11 is 0. The molecule has 6 nitrogen and oxygen atoms in total. The Morgan fingerprint density at radius 3 is 2.61 bits per heavy atom. The summed E-state index contributed by atoms with van der Waals surface area (Å²) in [5, 5.41) is 3.72. The molecule has 1 aliphatic heterocycles. The first kappa shape index (κ1) is 21.4. The number of nitrogens with one attached hydrogen (secondary N) is 1. The first-order valence-electron chi connectivity index (χ1n) is 10.6. The van der Waals surface area contributed by atoms with Crippen molar-refractivity contribution in [2.45, 2.75) is 19.4 Å². The summed E-state index contributed by atoms with van der Waals surface area (Å²) in [6, 6.07) is 6.35. The number of morpholine rings is 1. The molecule has 33 heavy (non-hydrogen) atoms. The van der Waals surface area contributed by atoms with E-state index in [0.29, 0.717) is 54.5 Å². The Morgan fingerprint density at radius 1 is 1.09 bits per heavy atom. The van der Waals surface area contributed by atoms with Gasteiger partial charge in [-0.3, -0.25) is 4.40 Å². The molecule has 1 unspecified atom stereocenters. The average molecular weight is 459 g/mol. The van der Waals surface area contributed by atoms with Crippen molar-refractivity contribution < 1.29 is 22.3 Å². The van der Waals surface area contributed by atoms with Crippen LogP contribution >= 0.6 is 0 Å². The molecule has 1 saturated heterocycles. The predicted octanol–water partition coefficient (Wildman–Crippen LogP) is 5.11. The molecule has 0 saturated carbocycles. The van der Waals surface area contributed by atoms with Gasteiger partial charge in [-0.25, -0.2) is 22.5 Å². The van der Waals surface area contributed by atoms with Gasteiger partial charge in [0.05, 0.1) is 36.0 Å². The monoisotopic (exact) mass is 459 g/mol. The number of imidazole rings is 1. The molecule has 1 N–H and O–H groups in total. The highest BCUT2D eigenvalue weighted by Gasteiger charge is 2.22. The van der Waals surface area contributed by atoms with Crippen LogP contribution < -0.4 is 10.2 Å². The normalized spacial score (nSPS) is 15.5. The summed E-state index contributed by atoms with van der Waals surface area (Å²) in [5.41, 5.74) is 0.373. The molecule has 172 valence electrons. The number of hydrogen-bond acceptors (Lipinski definition) is 5. The molecule has 2 aromatic heterocycles. The minimum atomic E-state index is -2.92. The van der Waals surface area contributed by atoms with Gasteiger partial charge in [0, 0.05) is 42.5 Å². The van der Waals surface area contributed by atoms with E-state index in [0.717, 1.165) is 6.07 Å². The van der Waals surface area contributed by atoms with Crippen molar-refractivity contribution in [3.8, 4) is 0 Å². The zero-order chi connectivity index (χ0) is 23.1. The molecule has 2 aromatic carbocycles. The van der Waals surface area contributed by atoms with Crippen LogP contribution in [0.3, 0.4) is 0 Å². The van der Waals surface area contributed by atoms with Gasteiger partial charge in [-0.2, -0.15) is 4.98 Å². The van der Waals surface area contributed by atoms with Crippen LogP contribution in [0.1, 0.15) is 30.5 Å². The Morgan fingerprint density at radius 2 is 1.85 bits per heavy atom. The lowest BCUT2D eigenvalue weighted by Crippen LogP contribution is -2.36. The topological polar surface area (TPSA) is 54.7 Å². The van der Waals surface area contributed by atoms with Gasteiger partial charge in [0.1, 0.15) is 17.5 Å². The molecule has 0 radical (unpaired) electrons. The van der Waals surface area contributed by atoms with Crippen molar-refractivity contribution in [1.29, 1.82) is 0 Å². The number of benzene rings is 2. The lowest BCUT2D eigenvalue weighted by molar-refractivity contribution is 0.122. The van der Waals surface area contributed by atoms with Crippen LogP contribution in [0.5, 0.6) is 0 Å². The number of aromatic nitrogens is 3. The highest BCUT2D eigenvalue weighted by Crippen LogP contribution is 2.34. The summed E-state index contributed by atoms with van der Waals surface area (Å²) in [5.74, 6) is -0.663. The van der Waals surface area contributed by atoms with Crippen molar-refractivity contribution >= 4 is 28.2 Å². The fourth-order valence-electron chi connectivity index (χ4n) is 4.18. The van der Waals surface area contributed by atoms with Gasteiger partial charge in [0.15, 0.2) is 0 Å². The third-order valence-electron chi connectivity index (χ3n) is 5.88. The van der Waals surface area contributed by atoms with Gasteiger partial charge < -0.3 is 15.0 Å². The van der Waals surface area contributed by atoms with Crippen molar-refractivity contribution in [1.82, 2.24) is 14.4 Å². The summed E-state index contributed by atoms with van der Waals surface area (Å²) in [4.78, 5) is 10.6. The van der Waals surface area contributed by atoms with Crippen LogP contribution in [0.2, 0.25) is 0 Å². The van der Waals surface area contributed by atoms with E-state index in [2.05, 4.69) is 15.3 Å². The molecular formula is C23H21F4N5O. The Bertz CT molecular complexity index is 1320. The maximum Gasteiger partial charge on any atom is 0.266 e. The van der Waals surface area contributed by atoms with Crippen molar-refractivity contribution in [3.05, 3.63) is 65.5 Å². The van der Waals surface area contributed by atoms with E-state index in [1.165, 1.54) is 18.2 Å². The zero-order valence-corrected chi connectivity index (χ0v) is 17.7. The minimum absolute atomic E-state index is 0.0847. The molecule has 0 spiro atoms. The number of ether oxygens (including phenoxy) is 1. The molecule has 0 bridgehead atoms. The molecule has 5 rings (SSSR count). The second kappa shape index (κ2) is 8.51. The molecular weight excluding hydrogens is 438 g/mol. The fraction of sp³-hybridized carbons (Fsp3) is 0.304. The van der Waals surface area contributed by atoms with Crippen LogP contribution in [0.4, 0.5) is 29.1 Å². The van der Waals surface area contributed by atoms with E-state index in [1.807, 2.05) is 4.90 Å². The van der Waals surface area contributed by atoms with Gasteiger partial charge in [-0.1, -0.05) is 18.2 Å². The average Bonchev–Trinajstić information content (AvgIpc) is 3.28. The standard InChI is InChI=1S/C23H21F4N5O/c1-13(14-3-2-4-15(20(14)25)21(26)27)29-22-16-11-19(31-7-9-33-10-8-31)17(24)12-18(16)32-6-5-28-23(32)30-22/h2-6,11-13,21H,7-10H2,1H3,(H,28,29,30). The lowest BCUT2D eigenvalue weighted by atomic mass is 10.0. The molecule has 1 atom stereocenters. The predicted molar refractivity (Wildman–Crippen MR) is 117 cm³/mol. The second-order valence-electron chi connectivity index (χ2n) is 7.90. The third kappa shape index (κ3) is 3.84. The SMILES string of the molecule is CC(Nc1nc2nccn2c2cc(F)c(N3CCOCC3)cc12)c1cccc(C(F)F)c1F. The van der Waals surface area contributed by atoms with E-state index in [-0.39, 0.29) is 11.4 Å². The third-order valence-corrected chi connectivity index (χ3v) is 5.88. The summed E-state index contributed by atoms with van der Waals surface area (Å²) in [6.45, 7) is 3.75. The number of fused-ring (bicyclic) bond motifs is 3. The maximum absolute atomic E-state index is 15.1. The van der Waals surface area contributed by atoms with Crippen LogP contribution in [-0.2, 0) is 4.74 Å². The molecule has 4 aromatic rings. The first-order chi connectivity index (χ1) is 15.9. The van der Waals surface area contributed by atoms with E-state index in [1.54, 1.807) is 29.8 Å². The summed E-state index contributed by atoms with van der Waals surface area (Å²) in [6.07, 6.45) is 0.308. The number of anilines is 2. The molecule has 3 heterocycles. The van der Waals surface area contributed by atoms with Gasteiger partial charge >= 0.3 is 0 Å². The Hall–Kier alpha value is -3.40.